The normalized spacial score (nSPS) is 14.5. The molecule has 0 aliphatic heterocycles. The van der Waals surface area contributed by atoms with Crippen molar-refractivity contribution in [1.82, 2.24) is 0 Å². The summed E-state index contributed by atoms with van der Waals surface area (Å²) in [7, 11) is 1.30. The second kappa shape index (κ2) is 10.7. The lowest BCUT2D eigenvalue weighted by Gasteiger charge is -2.18. The van der Waals surface area contributed by atoms with Crippen molar-refractivity contribution in [3.8, 4) is 0 Å². The summed E-state index contributed by atoms with van der Waals surface area (Å²) in [6.07, 6.45) is 2.54. The van der Waals surface area contributed by atoms with E-state index in [0.29, 0.717) is 22.0 Å². The van der Waals surface area contributed by atoms with Crippen LogP contribution in [0.25, 0.3) is 0 Å². The lowest BCUT2D eigenvalue weighted by atomic mass is 9.88. The minimum atomic E-state index is -0.785. The first-order valence-electron chi connectivity index (χ1n) is 11.3. The molecule has 2 aromatic carbocycles. The number of amides is 1. The largest absolute Gasteiger partial charge is 0.465 e. The van der Waals surface area contributed by atoms with Crippen LogP contribution in [0.5, 0.6) is 0 Å². The van der Waals surface area contributed by atoms with Gasteiger partial charge in [0.05, 0.1) is 18.2 Å². The average Bonchev–Trinajstić information content (AvgIpc) is 3.23. The van der Waals surface area contributed by atoms with Crippen molar-refractivity contribution in [1.29, 1.82) is 0 Å². The molecule has 180 valence electrons. The highest BCUT2D eigenvalue weighted by atomic mass is 32.1. The van der Waals surface area contributed by atoms with Crippen LogP contribution >= 0.6 is 11.3 Å². The Morgan fingerprint density at radius 2 is 1.66 bits per heavy atom. The molecule has 4 rings (SSSR count). The Bertz CT molecular complexity index is 1280. The van der Waals surface area contributed by atoms with E-state index in [9.17, 15) is 19.2 Å². The van der Waals surface area contributed by atoms with Gasteiger partial charge in [0, 0.05) is 16.0 Å². The van der Waals surface area contributed by atoms with E-state index in [1.165, 1.54) is 24.5 Å². The van der Waals surface area contributed by atoms with Gasteiger partial charge in [0.2, 0.25) is 0 Å². The highest BCUT2D eigenvalue weighted by Crippen LogP contribution is 2.40. The predicted molar refractivity (Wildman–Crippen MR) is 132 cm³/mol. The van der Waals surface area contributed by atoms with E-state index in [4.69, 9.17) is 9.47 Å². The van der Waals surface area contributed by atoms with E-state index in [1.54, 1.807) is 48.5 Å². The Balaban J connectivity index is 1.47. The minimum Gasteiger partial charge on any atom is -0.465 e. The van der Waals surface area contributed by atoms with E-state index in [-0.39, 0.29) is 16.9 Å². The zero-order valence-electron chi connectivity index (χ0n) is 19.5. The van der Waals surface area contributed by atoms with Crippen molar-refractivity contribution in [2.24, 2.45) is 5.92 Å². The van der Waals surface area contributed by atoms with Crippen LogP contribution in [0.3, 0.4) is 0 Å². The molecule has 1 heterocycles. The van der Waals surface area contributed by atoms with Crippen molar-refractivity contribution in [2.75, 3.05) is 19.0 Å². The number of benzene rings is 2. The molecule has 1 aromatic heterocycles. The van der Waals surface area contributed by atoms with Gasteiger partial charge in [-0.15, -0.1) is 11.3 Å². The maximum atomic E-state index is 12.9. The summed E-state index contributed by atoms with van der Waals surface area (Å²) in [5.74, 6) is -1.69. The van der Waals surface area contributed by atoms with E-state index in [2.05, 4.69) is 12.2 Å². The Labute approximate surface area is 207 Å². The number of fused-ring (bicyclic) bond motifs is 1. The van der Waals surface area contributed by atoms with E-state index >= 15 is 0 Å². The number of thiophene rings is 1. The van der Waals surface area contributed by atoms with Gasteiger partial charge in [0.1, 0.15) is 5.00 Å². The number of carbonyl (C=O) groups excluding carboxylic acids is 4. The lowest BCUT2D eigenvalue weighted by molar-refractivity contribution is -0.119. The van der Waals surface area contributed by atoms with Gasteiger partial charge in [0.15, 0.2) is 12.4 Å². The first-order chi connectivity index (χ1) is 16.9. The third-order valence-corrected chi connectivity index (χ3v) is 7.09. The van der Waals surface area contributed by atoms with Gasteiger partial charge in [-0.3, -0.25) is 9.59 Å². The molecule has 1 aliphatic carbocycles. The van der Waals surface area contributed by atoms with Crippen molar-refractivity contribution in [2.45, 2.75) is 26.2 Å². The van der Waals surface area contributed by atoms with Crippen LogP contribution in [0, 0.1) is 5.92 Å². The molecule has 8 heteroatoms. The molecular weight excluding hydrogens is 466 g/mol. The molecule has 1 aliphatic rings. The lowest BCUT2D eigenvalue weighted by Crippen LogP contribution is -2.22. The molecule has 7 nitrogen and oxygen atoms in total. The Morgan fingerprint density at radius 1 is 0.971 bits per heavy atom. The molecule has 0 bridgehead atoms. The quantitative estimate of drug-likeness (QED) is 0.380. The summed E-state index contributed by atoms with van der Waals surface area (Å²) in [6, 6.07) is 14.9. The predicted octanol–water partition coefficient (Wildman–Crippen LogP) is 4.69. The Hall–Kier alpha value is -3.78. The molecule has 35 heavy (non-hydrogen) atoms. The fourth-order valence-corrected chi connectivity index (χ4v) is 5.55. The van der Waals surface area contributed by atoms with Crippen LogP contribution < -0.4 is 5.32 Å². The molecule has 1 unspecified atom stereocenters. The smallest absolute Gasteiger partial charge is 0.341 e. The minimum absolute atomic E-state index is 0.0741. The summed E-state index contributed by atoms with van der Waals surface area (Å²) < 4.78 is 10.2. The number of esters is 2. The van der Waals surface area contributed by atoms with Gasteiger partial charge in [-0.05, 0) is 36.8 Å². The van der Waals surface area contributed by atoms with Crippen LogP contribution in [0.2, 0.25) is 0 Å². The number of rotatable bonds is 7. The molecular formula is C27H25NO6S. The number of ether oxygens (including phenoxy) is 2. The summed E-state index contributed by atoms with van der Waals surface area (Å²) in [4.78, 5) is 51.7. The second-order valence-corrected chi connectivity index (χ2v) is 9.52. The summed E-state index contributed by atoms with van der Waals surface area (Å²) >= 11 is 1.35. The SMILES string of the molecule is COC(=O)c1c(NC(=O)COC(=O)c2ccccc2C(=O)c2ccccc2)sc2c1CCC(C)C2. The van der Waals surface area contributed by atoms with Crippen LogP contribution in [0.15, 0.2) is 54.6 Å². The number of hydrogen-bond donors (Lipinski definition) is 1. The number of anilines is 1. The second-order valence-electron chi connectivity index (χ2n) is 8.41. The number of methoxy groups -OCH3 is 1. The van der Waals surface area contributed by atoms with Crippen molar-refractivity contribution >= 4 is 40.0 Å². The molecule has 0 spiro atoms. The highest BCUT2D eigenvalue weighted by molar-refractivity contribution is 7.17. The zero-order chi connectivity index (χ0) is 24.9. The number of carbonyl (C=O) groups is 4. The van der Waals surface area contributed by atoms with Gasteiger partial charge >= 0.3 is 11.9 Å². The molecule has 0 radical (unpaired) electrons. The van der Waals surface area contributed by atoms with Gasteiger partial charge < -0.3 is 14.8 Å². The summed E-state index contributed by atoms with van der Waals surface area (Å²) in [5.41, 5.74) is 2.00. The zero-order valence-corrected chi connectivity index (χ0v) is 20.3. The van der Waals surface area contributed by atoms with Crippen molar-refractivity contribution < 1.29 is 28.7 Å². The topological polar surface area (TPSA) is 98.8 Å². The number of ketones is 1. The fraction of sp³-hybridized carbons (Fsp3) is 0.259. The molecule has 1 atom stereocenters. The van der Waals surface area contributed by atoms with E-state index in [0.717, 1.165) is 29.7 Å². The van der Waals surface area contributed by atoms with Crippen LogP contribution in [-0.2, 0) is 27.1 Å². The molecule has 3 aromatic rings. The number of nitrogens with one attached hydrogen (secondary N) is 1. The standard InChI is InChI=1S/C27H25NO6S/c1-16-12-13-20-21(14-16)35-25(23(20)27(32)33-2)28-22(29)15-34-26(31)19-11-7-6-10-18(19)24(30)17-8-4-3-5-9-17/h3-11,16H,12-15H2,1-2H3,(H,28,29). The number of hydrogen-bond acceptors (Lipinski definition) is 7. The summed E-state index contributed by atoms with van der Waals surface area (Å²) in [6.45, 7) is 1.59. The monoisotopic (exact) mass is 491 g/mol. The molecule has 0 fully saturated rings. The first-order valence-corrected chi connectivity index (χ1v) is 12.1. The van der Waals surface area contributed by atoms with Crippen LogP contribution in [-0.4, -0.2) is 37.3 Å². The Kier molecular flexibility index (Phi) is 7.41. The van der Waals surface area contributed by atoms with E-state index < -0.39 is 24.5 Å². The molecule has 0 saturated carbocycles. The summed E-state index contributed by atoms with van der Waals surface area (Å²) in [5, 5.41) is 3.10. The highest BCUT2D eigenvalue weighted by Gasteiger charge is 2.29. The fourth-order valence-electron chi connectivity index (χ4n) is 4.13. The first kappa shape index (κ1) is 24.3. The van der Waals surface area contributed by atoms with E-state index in [1.807, 2.05) is 0 Å². The van der Waals surface area contributed by atoms with Gasteiger partial charge in [-0.1, -0.05) is 55.5 Å². The maximum absolute atomic E-state index is 12.9. The third kappa shape index (κ3) is 5.33. The molecule has 1 N–H and O–H groups in total. The Morgan fingerprint density at radius 3 is 2.37 bits per heavy atom. The van der Waals surface area contributed by atoms with Gasteiger partial charge in [-0.25, -0.2) is 9.59 Å². The van der Waals surface area contributed by atoms with Gasteiger partial charge in [-0.2, -0.15) is 0 Å². The molecule has 0 saturated heterocycles. The van der Waals surface area contributed by atoms with Crippen molar-refractivity contribution in [3.63, 3.8) is 0 Å². The van der Waals surface area contributed by atoms with Crippen molar-refractivity contribution in [3.05, 3.63) is 87.3 Å². The van der Waals surface area contributed by atoms with Gasteiger partial charge in [0.25, 0.3) is 5.91 Å². The van der Waals surface area contributed by atoms with Crippen LogP contribution in [0.1, 0.15) is 60.4 Å². The van der Waals surface area contributed by atoms with Crippen LogP contribution in [0.4, 0.5) is 5.00 Å². The maximum Gasteiger partial charge on any atom is 0.341 e. The molecule has 1 amide bonds. The average molecular weight is 492 g/mol. The third-order valence-electron chi connectivity index (χ3n) is 5.92.